The minimum Gasteiger partial charge on any atom is -0.481 e. The van der Waals surface area contributed by atoms with Crippen molar-refractivity contribution in [3.63, 3.8) is 0 Å². The summed E-state index contributed by atoms with van der Waals surface area (Å²) in [5.41, 5.74) is 0. The van der Waals surface area contributed by atoms with Crippen molar-refractivity contribution in [2.45, 2.75) is 32.1 Å². The Morgan fingerprint density at radius 3 is 2.26 bits per heavy atom. The van der Waals surface area contributed by atoms with Gasteiger partial charge in [-0.1, -0.05) is 12.8 Å². The molecule has 8 heteroatoms. The van der Waals surface area contributed by atoms with Crippen LogP contribution in [0.15, 0.2) is 0 Å². The SMILES string of the molecule is CN(CC(=O)NCCCCCCC(=O)O)S(C)(=O)=O. The lowest BCUT2D eigenvalue weighted by Crippen LogP contribution is -2.38. The first kappa shape index (κ1) is 17.8. The van der Waals surface area contributed by atoms with Crippen LogP contribution in [0.3, 0.4) is 0 Å². The van der Waals surface area contributed by atoms with Gasteiger partial charge < -0.3 is 10.4 Å². The number of aliphatic carboxylic acids is 1. The molecule has 0 bridgehead atoms. The minimum atomic E-state index is -3.33. The Bertz CT molecular complexity index is 394. The number of hydrogen-bond donors (Lipinski definition) is 2. The molecule has 0 atom stereocenters. The lowest BCUT2D eigenvalue weighted by Gasteiger charge is -2.13. The third-order valence-corrected chi connectivity index (χ3v) is 3.83. The lowest BCUT2D eigenvalue weighted by molar-refractivity contribution is -0.137. The summed E-state index contributed by atoms with van der Waals surface area (Å²) in [4.78, 5) is 21.6. The van der Waals surface area contributed by atoms with E-state index in [9.17, 15) is 18.0 Å². The quantitative estimate of drug-likeness (QED) is 0.553. The van der Waals surface area contributed by atoms with Crippen LogP contribution < -0.4 is 5.32 Å². The summed E-state index contributed by atoms with van der Waals surface area (Å²) in [5.74, 6) is -1.13. The number of carbonyl (C=O) groups excluding carboxylic acids is 1. The number of carbonyl (C=O) groups is 2. The van der Waals surface area contributed by atoms with E-state index >= 15 is 0 Å². The Labute approximate surface area is 114 Å². The normalized spacial score (nSPS) is 11.5. The van der Waals surface area contributed by atoms with Crippen molar-refractivity contribution >= 4 is 21.9 Å². The highest BCUT2D eigenvalue weighted by atomic mass is 32.2. The van der Waals surface area contributed by atoms with E-state index < -0.39 is 16.0 Å². The Kier molecular flexibility index (Phi) is 8.33. The maximum Gasteiger partial charge on any atom is 0.303 e. The fraction of sp³-hybridized carbons (Fsp3) is 0.818. The molecule has 0 rings (SSSR count). The highest BCUT2D eigenvalue weighted by molar-refractivity contribution is 7.88. The number of sulfonamides is 1. The van der Waals surface area contributed by atoms with Crippen molar-refractivity contribution in [3.8, 4) is 0 Å². The molecule has 7 nitrogen and oxygen atoms in total. The van der Waals surface area contributed by atoms with Crippen molar-refractivity contribution < 1.29 is 23.1 Å². The van der Waals surface area contributed by atoms with E-state index in [1.807, 2.05) is 0 Å². The number of hydrogen-bond acceptors (Lipinski definition) is 4. The van der Waals surface area contributed by atoms with Crippen LogP contribution in [0, 0.1) is 0 Å². The molecule has 0 saturated carbocycles. The van der Waals surface area contributed by atoms with Crippen LogP contribution in [0.25, 0.3) is 0 Å². The summed E-state index contributed by atoms with van der Waals surface area (Å²) >= 11 is 0. The summed E-state index contributed by atoms with van der Waals surface area (Å²) in [6.07, 6.45) is 4.27. The van der Waals surface area contributed by atoms with Gasteiger partial charge in [-0.3, -0.25) is 9.59 Å². The van der Waals surface area contributed by atoms with Gasteiger partial charge in [0.05, 0.1) is 12.8 Å². The van der Waals surface area contributed by atoms with E-state index in [0.29, 0.717) is 13.0 Å². The van der Waals surface area contributed by atoms with Crippen molar-refractivity contribution in [1.82, 2.24) is 9.62 Å². The minimum absolute atomic E-state index is 0.172. The monoisotopic (exact) mass is 294 g/mol. The van der Waals surface area contributed by atoms with Crippen LogP contribution in [0.2, 0.25) is 0 Å². The number of unbranched alkanes of at least 4 members (excludes halogenated alkanes) is 3. The number of carboxylic acid groups (broad SMARTS) is 1. The molecular formula is C11H22N2O5S. The van der Waals surface area contributed by atoms with Crippen molar-refractivity contribution in [2.75, 3.05) is 26.4 Å². The van der Waals surface area contributed by atoms with Crippen LogP contribution in [-0.2, 0) is 19.6 Å². The first-order valence-corrected chi connectivity index (χ1v) is 7.98. The second-order valence-electron chi connectivity index (χ2n) is 4.43. The second kappa shape index (κ2) is 8.87. The number of carboxylic acids is 1. The van der Waals surface area contributed by atoms with E-state index in [1.54, 1.807) is 0 Å². The van der Waals surface area contributed by atoms with Crippen molar-refractivity contribution in [3.05, 3.63) is 0 Å². The van der Waals surface area contributed by atoms with E-state index in [4.69, 9.17) is 5.11 Å². The summed E-state index contributed by atoms with van der Waals surface area (Å²) in [5, 5.41) is 11.1. The van der Waals surface area contributed by atoms with Gasteiger partial charge in [0.1, 0.15) is 0 Å². The number of amides is 1. The number of nitrogens with zero attached hydrogens (tertiary/aromatic N) is 1. The predicted molar refractivity (Wildman–Crippen MR) is 71.2 cm³/mol. The van der Waals surface area contributed by atoms with E-state index in [2.05, 4.69) is 5.32 Å². The molecule has 0 aromatic carbocycles. The van der Waals surface area contributed by atoms with E-state index in [1.165, 1.54) is 7.05 Å². The largest absolute Gasteiger partial charge is 0.481 e. The highest BCUT2D eigenvalue weighted by Gasteiger charge is 2.14. The summed E-state index contributed by atoms with van der Waals surface area (Å²) in [7, 11) is -1.98. The maximum absolute atomic E-state index is 11.4. The third-order valence-electron chi connectivity index (χ3n) is 2.57. The molecule has 0 heterocycles. The standard InChI is InChI=1S/C11H22N2O5S/c1-13(19(2,17)18)9-10(14)12-8-6-4-3-5-7-11(15)16/h3-9H2,1-2H3,(H,12,14)(H,15,16). The van der Waals surface area contributed by atoms with Gasteiger partial charge in [0.2, 0.25) is 15.9 Å². The molecule has 0 unspecified atom stereocenters. The average molecular weight is 294 g/mol. The Morgan fingerprint density at radius 1 is 1.16 bits per heavy atom. The lowest BCUT2D eigenvalue weighted by atomic mass is 10.1. The summed E-state index contributed by atoms with van der Waals surface area (Å²) in [6.45, 7) is 0.293. The van der Waals surface area contributed by atoms with Gasteiger partial charge >= 0.3 is 5.97 Å². The van der Waals surface area contributed by atoms with Gasteiger partial charge in [-0.05, 0) is 12.8 Å². The number of nitrogens with one attached hydrogen (secondary N) is 1. The van der Waals surface area contributed by atoms with Crippen molar-refractivity contribution in [2.24, 2.45) is 0 Å². The molecule has 0 aliphatic heterocycles. The fourth-order valence-corrected chi connectivity index (χ4v) is 1.71. The highest BCUT2D eigenvalue weighted by Crippen LogP contribution is 2.02. The van der Waals surface area contributed by atoms with Gasteiger partial charge in [0, 0.05) is 20.0 Å². The Hall–Kier alpha value is -1.15. The molecule has 0 aliphatic rings. The van der Waals surface area contributed by atoms with Gasteiger partial charge in [-0.25, -0.2) is 8.42 Å². The molecule has 0 saturated heterocycles. The molecule has 0 aromatic heterocycles. The maximum atomic E-state index is 11.4. The van der Waals surface area contributed by atoms with Gasteiger partial charge in [0.25, 0.3) is 0 Å². The third kappa shape index (κ3) is 10.5. The summed E-state index contributed by atoms with van der Waals surface area (Å²) in [6, 6.07) is 0. The topological polar surface area (TPSA) is 104 Å². The average Bonchev–Trinajstić information content (AvgIpc) is 2.25. The number of rotatable bonds is 10. The molecular weight excluding hydrogens is 272 g/mol. The van der Waals surface area contributed by atoms with Crippen LogP contribution in [0.5, 0.6) is 0 Å². The van der Waals surface area contributed by atoms with Gasteiger partial charge in [-0.2, -0.15) is 4.31 Å². The zero-order valence-electron chi connectivity index (χ0n) is 11.4. The molecule has 0 radical (unpaired) electrons. The van der Waals surface area contributed by atoms with Crippen LogP contribution in [0.4, 0.5) is 0 Å². The zero-order valence-corrected chi connectivity index (χ0v) is 12.2. The number of likely N-dealkylation sites (N-methyl/N-ethyl adjacent to an activating group) is 1. The first-order valence-electron chi connectivity index (χ1n) is 6.13. The van der Waals surface area contributed by atoms with Crippen molar-refractivity contribution in [1.29, 1.82) is 0 Å². The van der Waals surface area contributed by atoms with Crippen LogP contribution >= 0.6 is 0 Å². The molecule has 0 spiro atoms. The van der Waals surface area contributed by atoms with Crippen LogP contribution in [0.1, 0.15) is 32.1 Å². The molecule has 1 amide bonds. The predicted octanol–water partition coefficient (Wildman–Crippen LogP) is 0.0291. The van der Waals surface area contributed by atoms with E-state index in [-0.39, 0.29) is 18.9 Å². The Balaban J connectivity index is 3.57. The van der Waals surface area contributed by atoms with Gasteiger partial charge in [0.15, 0.2) is 0 Å². The summed E-state index contributed by atoms with van der Waals surface area (Å²) < 4.78 is 23.1. The fourth-order valence-electron chi connectivity index (χ4n) is 1.36. The molecule has 0 aliphatic carbocycles. The molecule has 0 fully saturated rings. The van der Waals surface area contributed by atoms with E-state index in [0.717, 1.165) is 29.8 Å². The second-order valence-corrected chi connectivity index (χ2v) is 6.52. The first-order chi connectivity index (χ1) is 8.73. The van der Waals surface area contributed by atoms with Crippen LogP contribution in [-0.4, -0.2) is 56.1 Å². The van der Waals surface area contributed by atoms with Gasteiger partial charge in [-0.15, -0.1) is 0 Å². The molecule has 19 heavy (non-hydrogen) atoms. The smallest absolute Gasteiger partial charge is 0.303 e. The zero-order chi connectivity index (χ0) is 14.9. The molecule has 112 valence electrons. The molecule has 2 N–H and O–H groups in total. The molecule has 0 aromatic rings. The Morgan fingerprint density at radius 2 is 1.74 bits per heavy atom.